The maximum absolute atomic E-state index is 5.11. The number of allylic oxidation sites excluding steroid dienone is 10. The lowest BCUT2D eigenvalue weighted by Gasteiger charge is -2.21. The summed E-state index contributed by atoms with van der Waals surface area (Å²) in [6, 6.07) is 41.9. The molecule has 85 heavy (non-hydrogen) atoms. The molecule has 0 aliphatic heterocycles. The molecule has 0 fully saturated rings. The third kappa shape index (κ3) is 28.1. The number of halogens is 5. The second-order valence-electron chi connectivity index (χ2n) is 23.4. The van der Waals surface area contributed by atoms with Gasteiger partial charge in [0.2, 0.25) is 0 Å². The molecule has 465 valence electrons. The van der Waals surface area contributed by atoms with Crippen molar-refractivity contribution in [2.75, 3.05) is 0 Å². The van der Waals surface area contributed by atoms with Crippen molar-refractivity contribution < 1.29 is 23.5 Å². The quantitative estimate of drug-likeness (QED) is 0.0917. The first-order chi connectivity index (χ1) is 39.0. The van der Waals surface area contributed by atoms with Gasteiger partial charge in [0.15, 0.2) is 0 Å². The molecule has 5 atom stereocenters. The van der Waals surface area contributed by atoms with Crippen LogP contribution in [-0.4, -0.2) is 0 Å². The van der Waals surface area contributed by atoms with Gasteiger partial charge in [-0.25, -0.2) is 0 Å². The highest BCUT2D eigenvalue weighted by molar-refractivity contribution is 7.81. The summed E-state index contributed by atoms with van der Waals surface area (Å²) in [7, 11) is 0. The fourth-order valence-corrected chi connectivity index (χ4v) is 13.1. The molecule has 0 heterocycles. The maximum atomic E-state index is 5.11. The van der Waals surface area contributed by atoms with Crippen LogP contribution >= 0.6 is 63.1 Å². The van der Waals surface area contributed by atoms with Crippen molar-refractivity contribution in [1.82, 2.24) is 0 Å². The van der Waals surface area contributed by atoms with Crippen molar-refractivity contribution in [3.8, 4) is 0 Å². The van der Waals surface area contributed by atoms with Crippen LogP contribution in [0.2, 0.25) is 0 Å². The van der Waals surface area contributed by atoms with Gasteiger partial charge in [0.25, 0.3) is 0 Å². The van der Waals surface area contributed by atoms with Gasteiger partial charge in [-0.3, -0.25) is 23.5 Å². The standard InChI is InChI=1S/5C15H19S.5FH/c5*1-2-3-12-4-6-13(7-5-12)14-8-10-15(16)11-9-14;;;;;/h5*6,8-12H,2-5,7H2,1H3;5*1H. The maximum Gasteiger partial charge on any atom is 0.0377 e. The molecule has 0 N–H and O–H groups in total. The van der Waals surface area contributed by atoms with Crippen LogP contribution in [0, 0.1) is 29.6 Å². The van der Waals surface area contributed by atoms with Gasteiger partial charge in [0, 0.05) is 24.5 Å². The number of hydrogen-bond donors (Lipinski definition) is 0. The van der Waals surface area contributed by atoms with Gasteiger partial charge in [-0.15, -0.1) is 0 Å². The van der Waals surface area contributed by atoms with Crippen molar-refractivity contribution in [2.45, 2.75) is 220 Å². The molecule has 0 bridgehead atoms. The molecule has 5 radical (unpaired) electrons. The van der Waals surface area contributed by atoms with Gasteiger partial charge in [0.05, 0.1) is 0 Å². The summed E-state index contributed by atoms with van der Waals surface area (Å²) in [5.74, 6) is 4.62. The van der Waals surface area contributed by atoms with E-state index in [9.17, 15) is 0 Å². The molecule has 5 aromatic rings. The van der Waals surface area contributed by atoms with Crippen LogP contribution in [0.15, 0.2) is 176 Å². The van der Waals surface area contributed by atoms with E-state index in [2.05, 4.69) is 126 Å². The van der Waals surface area contributed by atoms with Crippen LogP contribution in [0.25, 0.3) is 27.9 Å². The molecule has 10 heteroatoms. The van der Waals surface area contributed by atoms with Crippen molar-refractivity contribution in [1.29, 1.82) is 0 Å². The summed E-state index contributed by atoms with van der Waals surface area (Å²) < 4.78 is 0. The third-order valence-corrected chi connectivity index (χ3v) is 18.6. The van der Waals surface area contributed by atoms with E-state index >= 15 is 0 Å². The highest BCUT2D eigenvalue weighted by atomic mass is 32.1. The van der Waals surface area contributed by atoms with Gasteiger partial charge >= 0.3 is 0 Å². The summed E-state index contributed by atoms with van der Waals surface area (Å²) >= 11 is 25.5. The second-order valence-corrected chi connectivity index (χ2v) is 25.8. The van der Waals surface area contributed by atoms with Crippen LogP contribution in [-0.2, 0) is 0 Å². The normalized spacial score (nSPS) is 19.4. The minimum Gasteiger partial charge on any atom is -0.269 e. The molecule has 0 amide bonds. The molecule has 5 unspecified atom stereocenters. The topological polar surface area (TPSA) is 0 Å². The Hall–Kier alpha value is -4.45. The first kappa shape index (κ1) is 78.6. The molecular weight excluding hydrogens is 1160 g/mol. The van der Waals surface area contributed by atoms with Crippen LogP contribution in [0.3, 0.4) is 0 Å². The molecule has 10 rings (SSSR count). The Morgan fingerprint density at radius 1 is 0.247 bits per heavy atom. The molecule has 5 aromatic carbocycles. The first-order valence-electron chi connectivity index (χ1n) is 31.3. The summed E-state index contributed by atoms with van der Waals surface area (Å²) in [6.07, 6.45) is 45.0. The van der Waals surface area contributed by atoms with Crippen molar-refractivity contribution in [3.05, 3.63) is 180 Å². The van der Waals surface area contributed by atoms with Crippen molar-refractivity contribution in [2.24, 2.45) is 29.6 Å². The van der Waals surface area contributed by atoms with E-state index in [0.29, 0.717) is 0 Å². The zero-order valence-electron chi connectivity index (χ0n) is 51.6. The van der Waals surface area contributed by atoms with E-state index in [0.717, 1.165) is 54.1 Å². The van der Waals surface area contributed by atoms with E-state index in [-0.39, 0.29) is 23.5 Å². The number of rotatable bonds is 15. The molecule has 0 saturated carbocycles. The Kier molecular flexibility index (Phi) is 40.7. The average molecular weight is 1260 g/mol. The zero-order valence-corrected chi connectivity index (χ0v) is 55.7. The van der Waals surface area contributed by atoms with Crippen molar-refractivity contribution in [3.63, 3.8) is 0 Å². The van der Waals surface area contributed by atoms with E-state index in [1.165, 1.54) is 216 Å². The van der Waals surface area contributed by atoms with E-state index in [1.807, 2.05) is 60.7 Å². The predicted molar refractivity (Wildman–Crippen MR) is 375 cm³/mol. The minimum atomic E-state index is 0. The number of hydrogen-bond acceptors (Lipinski definition) is 0. The Balaban J connectivity index is 0.000000524. The van der Waals surface area contributed by atoms with Crippen molar-refractivity contribution >= 4 is 91.0 Å². The van der Waals surface area contributed by atoms with Crippen LogP contribution in [0.4, 0.5) is 23.5 Å². The zero-order chi connectivity index (χ0) is 56.9. The van der Waals surface area contributed by atoms with Gasteiger partial charge in [-0.05, 0) is 242 Å². The van der Waals surface area contributed by atoms with E-state index in [1.54, 1.807) is 0 Å². The average Bonchev–Trinajstić information content (AvgIpc) is 3.51. The molecular formula is C75H100F5S5. The largest absolute Gasteiger partial charge is 0.269 e. The van der Waals surface area contributed by atoms with Gasteiger partial charge < -0.3 is 0 Å². The molecule has 0 nitrogen and oxygen atoms in total. The first-order valence-corrected chi connectivity index (χ1v) is 33.3. The summed E-state index contributed by atoms with van der Waals surface area (Å²) in [5, 5.41) is 0. The van der Waals surface area contributed by atoms with Crippen LogP contribution in [0.1, 0.15) is 223 Å². The fraction of sp³-hybridized carbons (Fsp3) is 0.467. The molecule has 0 aromatic heterocycles. The lowest BCUT2D eigenvalue weighted by Crippen LogP contribution is -2.04. The molecule has 5 aliphatic carbocycles. The summed E-state index contributed by atoms with van der Waals surface area (Å²) in [6.45, 7) is 11.4. The van der Waals surface area contributed by atoms with Crippen LogP contribution < -0.4 is 0 Å². The van der Waals surface area contributed by atoms with Gasteiger partial charge in [-0.1, -0.05) is 253 Å². The summed E-state index contributed by atoms with van der Waals surface area (Å²) in [5.41, 5.74) is 14.4. The number of benzene rings is 5. The monoisotopic (exact) mass is 1260 g/mol. The van der Waals surface area contributed by atoms with E-state index in [4.69, 9.17) is 63.1 Å². The fourth-order valence-electron chi connectivity index (χ4n) is 12.5. The minimum absolute atomic E-state index is 0. The predicted octanol–water partition coefficient (Wildman–Crippen LogP) is 26.9. The third-order valence-electron chi connectivity index (χ3n) is 17.2. The smallest absolute Gasteiger partial charge is 0.0377 e. The highest BCUT2D eigenvalue weighted by Gasteiger charge is 2.19. The lowest BCUT2D eigenvalue weighted by atomic mass is 9.84. The SMILES string of the molecule is CCCC1CC=C(c2ccc([S])cc2)CC1.CCCC1CC=C(c2ccc([S])cc2)CC1.CCCC1CC=C(c2ccc([S])cc2)CC1.CCCC1CC=C(c2ccc([S])cc2)CC1.CCCC1CC=C(c2ccc([S])cc2)CC1.F.F.F.F.F. The van der Waals surface area contributed by atoms with Gasteiger partial charge in [0.1, 0.15) is 0 Å². The Morgan fingerprint density at radius 2 is 0.388 bits per heavy atom. The molecule has 5 aliphatic rings. The lowest BCUT2D eigenvalue weighted by molar-refractivity contribution is 0.445. The van der Waals surface area contributed by atoms with Crippen LogP contribution in [0.5, 0.6) is 0 Å². The Labute approximate surface area is 539 Å². The Bertz CT molecular complexity index is 2270. The highest BCUT2D eigenvalue weighted by Crippen LogP contribution is 2.37. The second kappa shape index (κ2) is 44.1. The van der Waals surface area contributed by atoms with E-state index < -0.39 is 0 Å². The molecule has 0 spiro atoms. The van der Waals surface area contributed by atoms with Gasteiger partial charge in [-0.2, -0.15) is 0 Å². The summed E-state index contributed by atoms with van der Waals surface area (Å²) in [4.78, 5) is 4.67. The Morgan fingerprint density at radius 3 is 0.494 bits per heavy atom. The molecule has 0 saturated heterocycles.